The van der Waals surface area contributed by atoms with Crippen molar-refractivity contribution in [3.05, 3.63) is 41.7 Å². The molecule has 0 fully saturated rings. The van der Waals surface area contributed by atoms with Gasteiger partial charge in [-0.2, -0.15) is 0 Å². The summed E-state index contributed by atoms with van der Waals surface area (Å²) >= 11 is 0. The van der Waals surface area contributed by atoms with Crippen molar-refractivity contribution < 1.29 is 4.74 Å². The Hall–Kier alpha value is -1.24. The molecule has 0 spiro atoms. The fourth-order valence-electron chi connectivity index (χ4n) is 2.06. The van der Waals surface area contributed by atoms with Gasteiger partial charge in [0, 0.05) is 11.0 Å². The van der Waals surface area contributed by atoms with Gasteiger partial charge in [-0.1, -0.05) is 45.0 Å². The highest BCUT2D eigenvalue weighted by atomic mass is 16.5. The second-order valence-electron chi connectivity index (χ2n) is 5.27. The van der Waals surface area contributed by atoms with E-state index in [0.29, 0.717) is 0 Å². The van der Waals surface area contributed by atoms with Gasteiger partial charge >= 0.3 is 0 Å². The summed E-state index contributed by atoms with van der Waals surface area (Å²) in [7, 11) is 0. The quantitative estimate of drug-likeness (QED) is 0.613. The molecule has 0 N–H and O–H groups in total. The summed E-state index contributed by atoms with van der Waals surface area (Å²) < 4.78 is 5.82. The van der Waals surface area contributed by atoms with Gasteiger partial charge in [0.25, 0.3) is 0 Å². The van der Waals surface area contributed by atoms with E-state index in [4.69, 9.17) is 4.74 Å². The van der Waals surface area contributed by atoms with Crippen molar-refractivity contribution in [3.63, 3.8) is 0 Å². The third kappa shape index (κ3) is 1.79. The molecule has 0 saturated carbocycles. The lowest BCUT2D eigenvalue weighted by atomic mass is 9.81. The van der Waals surface area contributed by atoms with Gasteiger partial charge in [-0.15, -0.1) is 0 Å². The Morgan fingerprint density at radius 1 is 1.13 bits per heavy atom. The molecule has 1 aliphatic heterocycles. The van der Waals surface area contributed by atoms with Crippen LogP contribution in [0.5, 0.6) is 0 Å². The number of allylic oxidation sites excluding steroid dienone is 1. The van der Waals surface area contributed by atoms with E-state index in [0.717, 1.165) is 0 Å². The molecule has 1 nitrogen and oxygen atoms in total. The monoisotopic (exact) mass is 202 g/mol. The van der Waals surface area contributed by atoms with E-state index < -0.39 is 0 Å². The van der Waals surface area contributed by atoms with Gasteiger partial charge in [-0.3, -0.25) is 0 Å². The van der Waals surface area contributed by atoms with Crippen molar-refractivity contribution in [1.82, 2.24) is 0 Å². The highest BCUT2D eigenvalue weighted by Gasteiger charge is 2.31. The first-order valence-corrected chi connectivity index (χ1v) is 5.41. The average molecular weight is 202 g/mol. The molecule has 0 aromatic heterocycles. The van der Waals surface area contributed by atoms with E-state index in [1.807, 2.05) is 6.26 Å². The maximum atomic E-state index is 5.82. The summed E-state index contributed by atoms with van der Waals surface area (Å²) in [6, 6.07) is 8.50. The van der Waals surface area contributed by atoms with Crippen molar-refractivity contribution >= 4 is 5.57 Å². The molecular formula is C14H18O. The van der Waals surface area contributed by atoms with Crippen LogP contribution in [0, 0.1) is 5.41 Å². The van der Waals surface area contributed by atoms with Gasteiger partial charge in [0.15, 0.2) is 0 Å². The lowest BCUT2D eigenvalue weighted by Crippen LogP contribution is -2.22. The van der Waals surface area contributed by atoms with E-state index in [1.54, 1.807) is 0 Å². The second-order valence-corrected chi connectivity index (χ2v) is 5.27. The Kier molecular flexibility index (Phi) is 2.34. The van der Waals surface area contributed by atoms with Crippen molar-refractivity contribution in [2.75, 3.05) is 0 Å². The van der Waals surface area contributed by atoms with Crippen LogP contribution in [0.3, 0.4) is 0 Å². The van der Waals surface area contributed by atoms with Crippen molar-refractivity contribution in [1.29, 1.82) is 0 Å². The summed E-state index contributed by atoms with van der Waals surface area (Å²) in [5.41, 5.74) is 3.98. The SMILES string of the molecule is CC1=COC(C(C)(C)C)c2ccccc21. The lowest BCUT2D eigenvalue weighted by Gasteiger charge is -2.34. The summed E-state index contributed by atoms with van der Waals surface area (Å²) in [6.07, 6.45) is 2.05. The van der Waals surface area contributed by atoms with Crippen LogP contribution in [0.1, 0.15) is 44.9 Å². The fraction of sp³-hybridized carbons (Fsp3) is 0.429. The fourth-order valence-corrected chi connectivity index (χ4v) is 2.06. The molecule has 0 aliphatic carbocycles. The van der Waals surface area contributed by atoms with E-state index in [9.17, 15) is 0 Å². The van der Waals surface area contributed by atoms with Crippen molar-refractivity contribution in [3.8, 4) is 0 Å². The molecular weight excluding hydrogens is 184 g/mol. The predicted octanol–water partition coefficient (Wildman–Crippen LogP) is 4.16. The Labute approximate surface area is 91.8 Å². The molecule has 1 aromatic rings. The van der Waals surface area contributed by atoms with Crippen LogP contribution in [0.2, 0.25) is 0 Å². The van der Waals surface area contributed by atoms with Crippen LogP contribution in [0.4, 0.5) is 0 Å². The van der Waals surface area contributed by atoms with Gasteiger partial charge in [0.1, 0.15) is 6.10 Å². The Morgan fingerprint density at radius 2 is 1.80 bits per heavy atom. The molecule has 1 heteroatoms. The number of benzene rings is 1. The third-order valence-corrected chi connectivity index (χ3v) is 2.84. The predicted molar refractivity (Wildman–Crippen MR) is 63.4 cm³/mol. The molecule has 1 unspecified atom stereocenters. The minimum Gasteiger partial charge on any atom is -0.492 e. The van der Waals surface area contributed by atoms with Crippen LogP contribution in [-0.4, -0.2) is 0 Å². The summed E-state index contributed by atoms with van der Waals surface area (Å²) in [5, 5.41) is 0. The molecule has 0 amide bonds. The third-order valence-electron chi connectivity index (χ3n) is 2.84. The maximum Gasteiger partial charge on any atom is 0.128 e. The molecule has 0 bridgehead atoms. The standard InChI is InChI=1S/C14H18O/c1-10-9-15-13(14(2,3)4)12-8-6-5-7-11(10)12/h5-9,13H,1-4H3. The van der Waals surface area contributed by atoms with Crippen LogP contribution in [0.15, 0.2) is 30.5 Å². The topological polar surface area (TPSA) is 9.23 Å². The van der Waals surface area contributed by atoms with Gasteiger partial charge < -0.3 is 4.74 Å². The zero-order valence-electron chi connectivity index (χ0n) is 9.87. The number of hydrogen-bond acceptors (Lipinski definition) is 1. The molecule has 1 aliphatic rings. The first-order valence-electron chi connectivity index (χ1n) is 5.41. The molecule has 15 heavy (non-hydrogen) atoms. The Morgan fingerprint density at radius 3 is 2.47 bits per heavy atom. The van der Waals surface area contributed by atoms with Crippen LogP contribution < -0.4 is 0 Å². The minimum absolute atomic E-state index is 0.132. The summed E-state index contributed by atoms with van der Waals surface area (Å²) in [5.74, 6) is 0. The second kappa shape index (κ2) is 3.41. The first-order chi connectivity index (χ1) is 7.00. The summed E-state index contributed by atoms with van der Waals surface area (Å²) in [6.45, 7) is 8.73. The molecule has 1 aromatic carbocycles. The Bertz CT molecular complexity index is 396. The van der Waals surface area contributed by atoms with E-state index in [-0.39, 0.29) is 11.5 Å². The number of fused-ring (bicyclic) bond motifs is 1. The van der Waals surface area contributed by atoms with Gasteiger partial charge in [0.05, 0.1) is 6.26 Å². The van der Waals surface area contributed by atoms with Crippen LogP contribution >= 0.6 is 0 Å². The van der Waals surface area contributed by atoms with Crippen molar-refractivity contribution in [2.45, 2.75) is 33.8 Å². The zero-order valence-corrected chi connectivity index (χ0v) is 9.87. The maximum absolute atomic E-state index is 5.82. The normalized spacial score (nSPS) is 20.3. The van der Waals surface area contributed by atoms with Crippen LogP contribution in [-0.2, 0) is 4.74 Å². The van der Waals surface area contributed by atoms with Crippen LogP contribution in [0.25, 0.3) is 5.57 Å². The van der Waals surface area contributed by atoms with E-state index >= 15 is 0 Å². The average Bonchev–Trinajstić information content (AvgIpc) is 2.17. The largest absolute Gasteiger partial charge is 0.492 e. The molecule has 1 atom stereocenters. The number of rotatable bonds is 0. The van der Waals surface area contributed by atoms with Gasteiger partial charge in [-0.05, 0) is 18.1 Å². The van der Waals surface area contributed by atoms with Crippen molar-refractivity contribution in [2.24, 2.45) is 5.41 Å². The lowest BCUT2D eigenvalue weighted by molar-refractivity contribution is 0.0421. The van der Waals surface area contributed by atoms with E-state index in [1.165, 1.54) is 16.7 Å². The summed E-state index contributed by atoms with van der Waals surface area (Å²) in [4.78, 5) is 0. The number of hydrogen-bond donors (Lipinski definition) is 0. The molecule has 2 rings (SSSR count). The minimum atomic E-state index is 0.132. The zero-order chi connectivity index (χ0) is 11.1. The molecule has 0 saturated heterocycles. The highest BCUT2D eigenvalue weighted by Crippen LogP contribution is 2.42. The highest BCUT2D eigenvalue weighted by molar-refractivity contribution is 5.67. The molecule has 80 valence electrons. The Balaban J connectivity index is 2.51. The first kappa shape index (κ1) is 10.3. The van der Waals surface area contributed by atoms with Gasteiger partial charge in [-0.25, -0.2) is 0 Å². The number of ether oxygens (including phenoxy) is 1. The molecule has 1 heterocycles. The van der Waals surface area contributed by atoms with E-state index in [2.05, 4.69) is 52.0 Å². The van der Waals surface area contributed by atoms with Gasteiger partial charge in [0.2, 0.25) is 0 Å². The smallest absolute Gasteiger partial charge is 0.128 e. The molecule has 0 radical (unpaired) electrons.